The molecule has 0 amide bonds. The molecule has 0 spiro atoms. The number of piperazine rings is 1. The lowest BCUT2D eigenvalue weighted by Crippen LogP contribution is -2.48. The molecule has 32 heavy (non-hydrogen) atoms. The second kappa shape index (κ2) is 8.87. The van der Waals surface area contributed by atoms with Crippen LogP contribution in [0, 0.1) is 10.1 Å². The highest BCUT2D eigenvalue weighted by Gasteiger charge is 2.30. The smallest absolute Gasteiger partial charge is 0.269 e. The fourth-order valence-corrected chi connectivity index (χ4v) is 6.31. The highest BCUT2D eigenvalue weighted by atomic mass is 32.2. The number of nitrogens with one attached hydrogen (secondary N) is 1. The van der Waals surface area contributed by atoms with E-state index in [9.17, 15) is 26.9 Å². The summed E-state index contributed by atoms with van der Waals surface area (Å²) in [7, 11) is -7.38. The van der Waals surface area contributed by atoms with E-state index in [1.807, 2.05) is 11.0 Å². The van der Waals surface area contributed by atoms with Gasteiger partial charge in [-0.2, -0.15) is 4.31 Å². The van der Waals surface area contributed by atoms with E-state index in [4.69, 9.17) is 0 Å². The first-order valence-corrected chi connectivity index (χ1v) is 13.2. The standard InChI is InChI=1S/C20H24N4O6S2/c25-24(26)18-3-1-2-16(14-18)15-22-10-12-23(13-11-22)32(29,30)20-8-6-19(7-9-20)31(27,28)21-17-4-5-17/h1-3,6-9,14,17,21H,4-5,10-13,15H2. The molecule has 1 saturated carbocycles. The van der Waals surface area contributed by atoms with Crippen molar-refractivity contribution in [3.8, 4) is 0 Å². The van der Waals surface area contributed by atoms with Crippen LogP contribution in [0.4, 0.5) is 5.69 Å². The van der Waals surface area contributed by atoms with E-state index in [0.29, 0.717) is 19.6 Å². The summed E-state index contributed by atoms with van der Waals surface area (Å²) in [5.41, 5.74) is 0.827. The Morgan fingerprint density at radius 1 is 0.938 bits per heavy atom. The molecular weight excluding hydrogens is 456 g/mol. The van der Waals surface area contributed by atoms with Gasteiger partial charge in [-0.25, -0.2) is 21.6 Å². The van der Waals surface area contributed by atoms with E-state index in [1.54, 1.807) is 6.07 Å². The normalized spacial score (nSPS) is 18.5. The summed E-state index contributed by atoms with van der Waals surface area (Å²) in [4.78, 5) is 12.6. The molecule has 0 unspecified atom stereocenters. The lowest BCUT2D eigenvalue weighted by atomic mass is 10.2. The second-order valence-electron chi connectivity index (χ2n) is 7.97. The van der Waals surface area contributed by atoms with Crippen LogP contribution in [-0.2, 0) is 26.6 Å². The summed E-state index contributed by atoms with van der Waals surface area (Å²) in [5, 5.41) is 10.9. The molecule has 172 valence electrons. The van der Waals surface area contributed by atoms with E-state index in [2.05, 4.69) is 4.72 Å². The van der Waals surface area contributed by atoms with Crippen LogP contribution in [0.25, 0.3) is 0 Å². The first kappa shape index (κ1) is 22.8. The van der Waals surface area contributed by atoms with Crippen LogP contribution in [0.1, 0.15) is 18.4 Å². The van der Waals surface area contributed by atoms with Gasteiger partial charge in [0, 0.05) is 50.9 Å². The number of hydrogen-bond donors (Lipinski definition) is 1. The van der Waals surface area contributed by atoms with Crippen molar-refractivity contribution in [3.05, 3.63) is 64.2 Å². The monoisotopic (exact) mass is 480 g/mol. The Balaban J connectivity index is 1.38. The van der Waals surface area contributed by atoms with Gasteiger partial charge in [0.2, 0.25) is 20.0 Å². The second-order valence-corrected chi connectivity index (χ2v) is 11.6. The molecule has 10 nitrogen and oxygen atoms in total. The average molecular weight is 481 g/mol. The zero-order valence-electron chi connectivity index (χ0n) is 17.3. The van der Waals surface area contributed by atoms with Crippen molar-refractivity contribution in [2.75, 3.05) is 26.2 Å². The molecule has 4 rings (SSSR count). The largest absolute Gasteiger partial charge is 0.296 e. The highest BCUT2D eigenvalue weighted by molar-refractivity contribution is 7.89. The van der Waals surface area contributed by atoms with Crippen LogP contribution in [0.3, 0.4) is 0 Å². The summed E-state index contributed by atoms with van der Waals surface area (Å²) >= 11 is 0. The van der Waals surface area contributed by atoms with Crippen molar-refractivity contribution in [2.45, 2.75) is 35.2 Å². The molecule has 2 aliphatic rings. The topological polar surface area (TPSA) is 130 Å². The van der Waals surface area contributed by atoms with Gasteiger partial charge in [0.05, 0.1) is 14.7 Å². The van der Waals surface area contributed by atoms with Crippen molar-refractivity contribution in [1.82, 2.24) is 13.9 Å². The van der Waals surface area contributed by atoms with Gasteiger partial charge >= 0.3 is 0 Å². The Morgan fingerprint density at radius 3 is 2.16 bits per heavy atom. The van der Waals surface area contributed by atoms with Crippen LogP contribution in [0.15, 0.2) is 58.3 Å². The van der Waals surface area contributed by atoms with Gasteiger partial charge in [-0.15, -0.1) is 0 Å². The maximum atomic E-state index is 13.0. The Kier molecular flexibility index (Phi) is 6.32. The van der Waals surface area contributed by atoms with Gasteiger partial charge in [-0.3, -0.25) is 15.0 Å². The minimum absolute atomic E-state index is 0.0262. The number of hydrogen-bond acceptors (Lipinski definition) is 7. The molecule has 0 atom stereocenters. The van der Waals surface area contributed by atoms with Crippen LogP contribution in [0.2, 0.25) is 0 Å². The van der Waals surface area contributed by atoms with Gasteiger partial charge in [-0.1, -0.05) is 12.1 Å². The highest BCUT2D eigenvalue weighted by Crippen LogP contribution is 2.24. The number of sulfonamides is 2. The Bertz CT molecular complexity index is 1200. The maximum Gasteiger partial charge on any atom is 0.269 e. The van der Waals surface area contributed by atoms with Gasteiger partial charge in [0.15, 0.2) is 0 Å². The Labute approximate surface area is 187 Å². The van der Waals surface area contributed by atoms with Gasteiger partial charge in [-0.05, 0) is 42.7 Å². The lowest BCUT2D eigenvalue weighted by Gasteiger charge is -2.34. The molecule has 0 radical (unpaired) electrons. The van der Waals surface area contributed by atoms with Gasteiger partial charge in [0.1, 0.15) is 0 Å². The Hall–Kier alpha value is -2.38. The predicted octanol–water partition coefficient (Wildman–Crippen LogP) is 1.54. The number of nitrogens with zero attached hydrogens (tertiary/aromatic N) is 3. The number of rotatable bonds is 8. The molecule has 1 N–H and O–H groups in total. The number of non-ortho nitro benzene ring substituents is 1. The molecule has 1 aliphatic carbocycles. The minimum atomic E-state index is -3.75. The summed E-state index contributed by atoms with van der Waals surface area (Å²) in [5.74, 6) is 0. The molecule has 1 aliphatic heterocycles. The minimum Gasteiger partial charge on any atom is -0.296 e. The maximum absolute atomic E-state index is 13.0. The van der Waals surface area contributed by atoms with E-state index in [-0.39, 0.29) is 34.6 Å². The van der Waals surface area contributed by atoms with E-state index in [1.165, 1.54) is 40.7 Å². The fourth-order valence-electron chi connectivity index (χ4n) is 3.58. The number of benzene rings is 2. The molecular formula is C20H24N4O6S2. The van der Waals surface area contributed by atoms with Crippen LogP contribution < -0.4 is 4.72 Å². The van der Waals surface area contributed by atoms with Crippen molar-refractivity contribution in [2.24, 2.45) is 0 Å². The summed E-state index contributed by atoms with van der Waals surface area (Å²) < 4.78 is 54.5. The van der Waals surface area contributed by atoms with Crippen molar-refractivity contribution in [3.63, 3.8) is 0 Å². The fraction of sp³-hybridized carbons (Fsp3) is 0.400. The third kappa shape index (κ3) is 5.15. The van der Waals surface area contributed by atoms with Crippen LogP contribution in [-0.4, -0.2) is 63.2 Å². The number of nitro benzene ring substituents is 1. The summed E-state index contributed by atoms with van der Waals surface area (Å²) in [6, 6.07) is 11.7. The van der Waals surface area contributed by atoms with Crippen molar-refractivity contribution >= 4 is 25.7 Å². The molecule has 2 aromatic carbocycles. The Morgan fingerprint density at radius 2 is 1.56 bits per heavy atom. The summed E-state index contributed by atoms with van der Waals surface area (Å²) in [6.45, 7) is 2.02. The third-order valence-electron chi connectivity index (χ3n) is 5.53. The zero-order chi connectivity index (χ0) is 22.9. The SMILES string of the molecule is O=[N+]([O-])c1cccc(CN2CCN(S(=O)(=O)c3ccc(S(=O)(=O)NC4CC4)cc3)CC2)c1. The summed E-state index contributed by atoms with van der Waals surface area (Å²) in [6.07, 6.45) is 1.64. The molecule has 2 aromatic rings. The van der Waals surface area contributed by atoms with E-state index >= 15 is 0 Å². The van der Waals surface area contributed by atoms with Gasteiger partial charge in [0.25, 0.3) is 5.69 Å². The van der Waals surface area contributed by atoms with Gasteiger partial charge < -0.3 is 0 Å². The van der Waals surface area contributed by atoms with E-state index in [0.717, 1.165) is 18.4 Å². The van der Waals surface area contributed by atoms with Crippen LogP contribution >= 0.6 is 0 Å². The first-order valence-electron chi connectivity index (χ1n) is 10.2. The molecule has 0 bridgehead atoms. The third-order valence-corrected chi connectivity index (χ3v) is 8.98. The molecule has 1 saturated heterocycles. The van der Waals surface area contributed by atoms with Crippen molar-refractivity contribution < 1.29 is 21.8 Å². The lowest BCUT2D eigenvalue weighted by molar-refractivity contribution is -0.384. The number of nitro groups is 1. The average Bonchev–Trinajstić information content (AvgIpc) is 3.58. The predicted molar refractivity (Wildman–Crippen MR) is 117 cm³/mol. The quantitative estimate of drug-likeness (QED) is 0.448. The van der Waals surface area contributed by atoms with Crippen molar-refractivity contribution in [1.29, 1.82) is 0 Å². The molecule has 12 heteroatoms. The first-order chi connectivity index (χ1) is 15.1. The molecule has 2 fully saturated rings. The zero-order valence-corrected chi connectivity index (χ0v) is 18.9. The molecule has 0 aromatic heterocycles. The van der Waals surface area contributed by atoms with E-state index < -0.39 is 25.0 Å². The van der Waals surface area contributed by atoms with Crippen LogP contribution in [0.5, 0.6) is 0 Å². The molecule has 1 heterocycles.